The molecule has 1 aromatic heterocycles. The van der Waals surface area contributed by atoms with Crippen LogP contribution in [-0.2, 0) is 4.79 Å². The molecule has 0 aliphatic heterocycles. The van der Waals surface area contributed by atoms with E-state index in [9.17, 15) is 9.59 Å². The second kappa shape index (κ2) is 7.32. The van der Waals surface area contributed by atoms with Gasteiger partial charge in [0.2, 0.25) is 0 Å². The molecule has 1 atom stereocenters. The minimum atomic E-state index is -0.767. The molecule has 7 heteroatoms. The third-order valence-electron chi connectivity index (χ3n) is 3.06. The van der Waals surface area contributed by atoms with Crippen molar-refractivity contribution in [1.29, 1.82) is 0 Å². The fraction of sp³-hybridized carbons (Fsp3) is 0.250. The van der Waals surface area contributed by atoms with Gasteiger partial charge in [0.15, 0.2) is 6.10 Å². The van der Waals surface area contributed by atoms with E-state index in [0.29, 0.717) is 22.8 Å². The molecule has 0 saturated carbocycles. The molecule has 2 rings (SSSR count). The highest BCUT2D eigenvalue weighted by Gasteiger charge is 2.18. The van der Waals surface area contributed by atoms with E-state index >= 15 is 0 Å². The minimum absolute atomic E-state index is 0.378. The Bertz CT molecular complexity index is 727. The first kappa shape index (κ1) is 17.1. The molecule has 1 heterocycles. The largest absolute Gasteiger partial charge is 0.481 e. The molecule has 2 N–H and O–H groups in total. The van der Waals surface area contributed by atoms with E-state index in [0.717, 1.165) is 4.47 Å². The summed E-state index contributed by atoms with van der Waals surface area (Å²) in [5.41, 5.74) is 5.06. The van der Waals surface area contributed by atoms with Gasteiger partial charge in [0.1, 0.15) is 17.3 Å². The zero-order valence-corrected chi connectivity index (χ0v) is 14.6. The van der Waals surface area contributed by atoms with Gasteiger partial charge in [0, 0.05) is 4.47 Å². The zero-order chi connectivity index (χ0) is 17.0. The molecule has 23 heavy (non-hydrogen) atoms. The molecule has 0 spiro atoms. The number of nitrogens with one attached hydrogen (secondary N) is 2. The molecule has 0 saturated heterocycles. The Labute approximate surface area is 142 Å². The van der Waals surface area contributed by atoms with Gasteiger partial charge in [-0.1, -0.05) is 22.0 Å². The molecular weight excluding hydrogens is 364 g/mol. The maximum Gasteiger partial charge on any atom is 0.279 e. The van der Waals surface area contributed by atoms with Crippen LogP contribution in [0.25, 0.3) is 0 Å². The molecule has 0 aliphatic rings. The first-order valence-corrected chi connectivity index (χ1v) is 7.75. The molecule has 0 fully saturated rings. The number of hydrazine groups is 1. The van der Waals surface area contributed by atoms with Crippen molar-refractivity contribution >= 4 is 27.7 Å². The summed E-state index contributed by atoms with van der Waals surface area (Å²) in [6.07, 6.45) is -0.767. The number of benzene rings is 1. The van der Waals surface area contributed by atoms with Gasteiger partial charge in [-0.15, -0.1) is 0 Å². The molecule has 0 radical (unpaired) electrons. The van der Waals surface area contributed by atoms with Gasteiger partial charge in [0.05, 0.1) is 5.56 Å². The van der Waals surface area contributed by atoms with Gasteiger partial charge in [0.25, 0.3) is 11.8 Å². The van der Waals surface area contributed by atoms with Crippen LogP contribution < -0.4 is 15.6 Å². The highest BCUT2D eigenvalue weighted by Crippen LogP contribution is 2.18. The van der Waals surface area contributed by atoms with Crippen molar-refractivity contribution in [3.63, 3.8) is 0 Å². The van der Waals surface area contributed by atoms with Gasteiger partial charge in [-0.3, -0.25) is 20.4 Å². The number of halogens is 1. The summed E-state index contributed by atoms with van der Waals surface area (Å²) in [5, 5.41) is 0. The second-order valence-corrected chi connectivity index (χ2v) is 5.90. The van der Waals surface area contributed by atoms with Crippen LogP contribution in [0.1, 0.15) is 28.8 Å². The Hall–Kier alpha value is -2.28. The number of aryl methyl sites for hydroxylation is 2. The summed E-state index contributed by atoms with van der Waals surface area (Å²) in [6, 6.07) is 8.76. The molecular formula is C16H17BrN2O4. The quantitative estimate of drug-likeness (QED) is 0.799. The number of hydrogen-bond donors (Lipinski definition) is 2. The summed E-state index contributed by atoms with van der Waals surface area (Å²) in [7, 11) is 0. The van der Waals surface area contributed by atoms with Gasteiger partial charge in [-0.05, 0) is 45.0 Å². The van der Waals surface area contributed by atoms with Gasteiger partial charge >= 0.3 is 0 Å². The van der Waals surface area contributed by atoms with Crippen LogP contribution in [0, 0.1) is 13.8 Å². The molecule has 0 bridgehead atoms. The lowest BCUT2D eigenvalue weighted by Gasteiger charge is -2.15. The van der Waals surface area contributed by atoms with Crippen LogP contribution in [0.3, 0.4) is 0 Å². The smallest absolute Gasteiger partial charge is 0.279 e. The fourth-order valence-corrected chi connectivity index (χ4v) is 2.32. The highest BCUT2D eigenvalue weighted by molar-refractivity contribution is 9.10. The van der Waals surface area contributed by atoms with Crippen molar-refractivity contribution in [1.82, 2.24) is 10.9 Å². The summed E-state index contributed by atoms with van der Waals surface area (Å²) in [4.78, 5) is 23.9. The monoisotopic (exact) mass is 380 g/mol. The van der Waals surface area contributed by atoms with Crippen molar-refractivity contribution in [2.24, 2.45) is 0 Å². The van der Waals surface area contributed by atoms with E-state index < -0.39 is 17.9 Å². The predicted octanol–water partition coefficient (Wildman–Crippen LogP) is 2.89. The lowest BCUT2D eigenvalue weighted by Crippen LogP contribution is -2.47. The maximum absolute atomic E-state index is 12.0. The molecule has 1 unspecified atom stereocenters. The van der Waals surface area contributed by atoms with Crippen LogP contribution in [0.5, 0.6) is 5.75 Å². The number of carbonyl (C=O) groups excluding carboxylic acids is 2. The summed E-state index contributed by atoms with van der Waals surface area (Å²) >= 11 is 3.33. The zero-order valence-electron chi connectivity index (χ0n) is 13.0. The molecule has 0 aliphatic carbocycles. The van der Waals surface area contributed by atoms with Crippen molar-refractivity contribution in [2.75, 3.05) is 0 Å². The molecule has 1 aromatic carbocycles. The number of hydrogen-bond acceptors (Lipinski definition) is 4. The SMILES string of the molecule is Cc1cc(C(=O)NNC(=O)C(C)Oc2cccc(Br)c2)c(C)o1. The van der Waals surface area contributed by atoms with Crippen LogP contribution in [-0.4, -0.2) is 17.9 Å². The standard InChI is InChI=1S/C16H17BrN2O4/c1-9-7-14(10(2)22-9)16(21)19-18-15(20)11(3)23-13-6-4-5-12(17)8-13/h4-8,11H,1-3H3,(H,18,20)(H,19,21). The molecule has 122 valence electrons. The Morgan fingerprint density at radius 2 is 1.96 bits per heavy atom. The summed E-state index contributed by atoms with van der Waals surface area (Å²) in [5.74, 6) is 0.770. The Morgan fingerprint density at radius 1 is 1.22 bits per heavy atom. The second-order valence-electron chi connectivity index (χ2n) is 4.99. The average molecular weight is 381 g/mol. The Morgan fingerprint density at radius 3 is 2.57 bits per heavy atom. The van der Waals surface area contributed by atoms with E-state index in [1.807, 2.05) is 6.07 Å². The number of ether oxygens (including phenoxy) is 1. The van der Waals surface area contributed by atoms with Gasteiger partial charge in [-0.2, -0.15) is 0 Å². The van der Waals surface area contributed by atoms with Crippen LogP contribution >= 0.6 is 15.9 Å². The molecule has 2 aromatic rings. The van der Waals surface area contributed by atoms with Crippen molar-refractivity contribution in [3.8, 4) is 5.75 Å². The summed E-state index contributed by atoms with van der Waals surface area (Å²) < 4.78 is 11.6. The number of furan rings is 1. The van der Waals surface area contributed by atoms with Crippen LogP contribution in [0.4, 0.5) is 0 Å². The number of amides is 2. The van der Waals surface area contributed by atoms with E-state index in [-0.39, 0.29) is 0 Å². The van der Waals surface area contributed by atoms with E-state index in [1.54, 1.807) is 45.0 Å². The normalized spacial score (nSPS) is 11.7. The maximum atomic E-state index is 12.0. The fourth-order valence-electron chi connectivity index (χ4n) is 1.94. The minimum Gasteiger partial charge on any atom is -0.481 e. The lowest BCUT2D eigenvalue weighted by atomic mass is 10.2. The number of rotatable bonds is 4. The Kier molecular flexibility index (Phi) is 5.44. The highest BCUT2D eigenvalue weighted by atomic mass is 79.9. The third-order valence-corrected chi connectivity index (χ3v) is 3.56. The number of carbonyl (C=O) groups is 2. The van der Waals surface area contributed by atoms with E-state index in [4.69, 9.17) is 9.15 Å². The predicted molar refractivity (Wildman–Crippen MR) is 88.0 cm³/mol. The van der Waals surface area contributed by atoms with E-state index in [1.165, 1.54) is 0 Å². The third kappa shape index (κ3) is 4.59. The van der Waals surface area contributed by atoms with Crippen molar-refractivity contribution in [2.45, 2.75) is 26.9 Å². The molecule has 2 amide bonds. The van der Waals surface area contributed by atoms with Gasteiger partial charge in [-0.25, -0.2) is 0 Å². The lowest BCUT2D eigenvalue weighted by molar-refractivity contribution is -0.128. The van der Waals surface area contributed by atoms with Crippen LogP contribution in [0.15, 0.2) is 39.2 Å². The molecule has 6 nitrogen and oxygen atoms in total. The average Bonchev–Trinajstić information content (AvgIpc) is 2.83. The van der Waals surface area contributed by atoms with E-state index in [2.05, 4.69) is 26.8 Å². The Balaban J connectivity index is 1.89. The summed E-state index contributed by atoms with van der Waals surface area (Å²) in [6.45, 7) is 5.02. The first-order chi connectivity index (χ1) is 10.9. The van der Waals surface area contributed by atoms with Crippen molar-refractivity contribution in [3.05, 3.63) is 51.9 Å². The van der Waals surface area contributed by atoms with Crippen molar-refractivity contribution < 1.29 is 18.7 Å². The van der Waals surface area contributed by atoms with Crippen LogP contribution in [0.2, 0.25) is 0 Å². The van der Waals surface area contributed by atoms with Gasteiger partial charge < -0.3 is 9.15 Å². The topological polar surface area (TPSA) is 80.6 Å². The first-order valence-electron chi connectivity index (χ1n) is 6.96.